The number of nitrogens with two attached hydrogens (primary N) is 1. The second-order valence-electron chi connectivity index (χ2n) is 4.30. The maximum absolute atomic E-state index is 12.4. The Morgan fingerprint density at radius 3 is 2.63 bits per heavy atom. The minimum Gasteiger partial charge on any atom is -0.399 e. The number of anilines is 1. The van der Waals surface area contributed by atoms with Gasteiger partial charge in [-0.25, -0.2) is 8.42 Å². The van der Waals surface area contributed by atoms with E-state index in [-0.39, 0.29) is 5.75 Å². The molecule has 0 aliphatic heterocycles. The van der Waals surface area contributed by atoms with E-state index >= 15 is 0 Å². The molecule has 4 nitrogen and oxygen atoms in total. The number of hydrogen-bond acceptors (Lipinski definition) is 4. The summed E-state index contributed by atoms with van der Waals surface area (Å²) in [4.78, 5) is 4.27. The summed E-state index contributed by atoms with van der Waals surface area (Å²) in [5, 5.41) is 0. The van der Waals surface area contributed by atoms with Crippen molar-refractivity contribution in [2.45, 2.75) is 17.6 Å². The molecule has 0 aliphatic rings. The van der Waals surface area contributed by atoms with Gasteiger partial charge in [-0.2, -0.15) is 0 Å². The van der Waals surface area contributed by atoms with Gasteiger partial charge in [0.15, 0.2) is 9.84 Å². The molecule has 0 unspecified atom stereocenters. The minimum atomic E-state index is -3.39. The number of hydrogen-bond donors (Lipinski definition) is 1. The Hall–Kier alpha value is -1.40. The van der Waals surface area contributed by atoms with Gasteiger partial charge in [-0.1, -0.05) is 0 Å². The van der Waals surface area contributed by atoms with E-state index in [0.717, 1.165) is 4.47 Å². The molecule has 0 bridgehead atoms. The number of sulfone groups is 1. The van der Waals surface area contributed by atoms with Crippen molar-refractivity contribution in [3.05, 3.63) is 52.3 Å². The molecule has 6 heteroatoms. The SMILES string of the molecule is Cc1cc(N)ccc1S(=O)(=O)Cc1cncc(Br)c1. The zero-order valence-electron chi connectivity index (χ0n) is 10.3. The molecule has 0 aliphatic carbocycles. The summed E-state index contributed by atoms with van der Waals surface area (Å²) >= 11 is 3.28. The fraction of sp³-hybridized carbons (Fsp3) is 0.154. The van der Waals surface area contributed by atoms with Crippen LogP contribution in [-0.2, 0) is 15.6 Å². The van der Waals surface area contributed by atoms with Crippen molar-refractivity contribution in [2.75, 3.05) is 5.73 Å². The lowest BCUT2D eigenvalue weighted by Gasteiger charge is -2.08. The third-order valence-corrected chi connectivity index (χ3v) is 4.93. The molecule has 1 heterocycles. The van der Waals surface area contributed by atoms with Crippen molar-refractivity contribution in [3.8, 4) is 0 Å². The fourth-order valence-corrected chi connectivity index (χ4v) is 3.84. The number of rotatable bonds is 3. The molecule has 100 valence electrons. The quantitative estimate of drug-likeness (QED) is 0.872. The monoisotopic (exact) mass is 340 g/mol. The number of aryl methyl sites for hydroxylation is 1. The molecular weight excluding hydrogens is 328 g/mol. The Kier molecular flexibility index (Phi) is 3.91. The highest BCUT2D eigenvalue weighted by Gasteiger charge is 2.18. The molecule has 0 fully saturated rings. The summed E-state index contributed by atoms with van der Waals surface area (Å²) < 4.78 is 25.5. The van der Waals surface area contributed by atoms with Crippen molar-refractivity contribution in [2.24, 2.45) is 0 Å². The van der Waals surface area contributed by atoms with Crippen molar-refractivity contribution >= 4 is 31.5 Å². The van der Waals surface area contributed by atoms with E-state index < -0.39 is 9.84 Å². The maximum atomic E-state index is 12.4. The highest BCUT2D eigenvalue weighted by atomic mass is 79.9. The molecule has 0 saturated carbocycles. The van der Waals surface area contributed by atoms with Crippen molar-refractivity contribution in [1.82, 2.24) is 4.98 Å². The second kappa shape index (κ2) is 5.30. The third kappa shape index (κ3) is 3.33. The zero-order chi connectivity index (χ0) is 14.0. The Morgan fingerprint density at radius 1 is 1.26 bits per heavy atom. The van der Waals surface area contributed by atoms with Crippen LogP contribution in [0.5, 0.6) is 0 Å². The van der Waals surface area contributed by atoms with Crippen LogP contribution in [0.15, 0.2) is 46.0 Å². The van der Waals surface area contributed by atoms with Crippen LogP contribution in [0.4, 0.5) is 5.69 Å². The molecule has 19 heavy (non-hydrogen) atoms. The molecule has 1 aromatic carbocycles. The van der Waals surface area contributed by atoms with Crippen LogP contribution in [0.1, 0.15) is 11.1 Å². The molecule has 0 spiro atoms. The van der Waals surface area contributed by atoms with E-state index in [1.807, 2.05) is 0 Å². The van der Waals surface area contributed by atoms with Crippen LogP contribution in [0, 0.1) is 6.92 Å². The molecule has 0 saturated heterocycles. The van der Waals surface area contributed by atoms with E-state index in [2.05, 4.69) is 20.9 Å². The lowest BCUT2D eigenvalue weighted by atomic mass is 10.2. The van der Waals surface area contributed by atoms with Crippen LogP contribution < -0.4 is 5.73 Å². The summed E-state index contributed by atoms with van der Waals surface area (Å²) in [5.74, 6) is -0.0792. The van der Waals surface area contributed by atoms with E-state index in [1.165, 1.54) is 0 Å². The zero-order valence-corrected chi connectivity index (χ0v) is 12.7. The Balaban J connectivity index is 2.38. The normalized spacial score (nSPS) is 11.5. The Labute approximate surface area is 120 Å². The highest BCUT2D eigenvalue weighted by molar-refractivity contribution is 9.10. The first-order valence-corrected chi connectivity index (χ1v) is 8.01. The highest BCUT2D eigenvalue weighted by Crippen LogP contribution is 2.22. The van der Waals surface area contributed by atoms with Gasteiger partial charge >= 0.3 is 0 Å². The maximum Gasteiger partial charge on any atom is 0.182 e. The van der Waals surface area contributed by atoms with Crippen LogP contribution in [-0.4, -0.2) is 13.4 Å². The number of halogens is 1. The van der Waals surface area contributed by atoms with Gasteiger partial charge in [-0.05, 0) is 58.2 Å². The van der Waals surface area contributed by atoms with Crippen molar-refractivity contribution < 1.29 is 8.42 Å². The standard InChI is InChI=1S/C13H13BrN2O2S/c1-9-4-12(15)2-3-13(9)19(17,18)8-10-5-11(14)7-16-6-10/h2-7H,8,15H2,1H3. The third-order valence-electron chi connectivity index (χ3n) is 2.65. The van der Waals surface area contributed by atoms with Crippen LogP contribution in [0.25, 0.3) is 0 Å². The molecule has 2 aromatic rings. The topological polar surface area (TPSA) is 73.1 Å². The summed E-state index contributed by atoms with van der Waals surface area (Å²) in [6.07, 6.45) is 3.17. The molecule has 0 amide bonds. The van der Waals surface area contributed by atoms with E-state index in [1.54, 1.807) is 43.6 Å². The summed E-state index contributed by atoms with van der Waals surface area (Å²) in [5.41, 5.74) is 7.49. The summed E-state index contributed by atoms with van der Waals surface area (Å²) in [6.45, 7) is 1.74. The van der Waals surface area contributed by atoms with Crippen LogP contribution in [0.3, 0.4) is 0 Å². The van der Waals surface area contributed by atoms with E-state index in [9.17, 15) is 8.42 Å². The largest absolute Gasteiger partial charge is 0.399 e. The van der Waals surface area contributed by atoms with Gasteiger partial charge in [-0.15, -0.1) is 0 Å². The minimum absolute atomic E-state index is 0.0792. The molecule has 2 rings (SSSR count). The Bertz CT molecular complexity index is 714. The van der Waals surface area contributed by atoms with Gasteiger partial charge in [0.25, 0.3) is 0 Å². The van der Waals surface area contributed by atoms with Crippen LogP contribution in [0.2, 0.25) is 0 Å². The lowest BCUT2D eigenvalue weighted by Crippen LogP contribution is -2.07. The second-order valence-corrected chi connectivity index (χ2v) is 7.17. The van der Waals surface area contributed by atoms with Gasteiger partial charge in [0, 0.05) is 22.6 Å². The fourth-order valence-electron chi connectivity index (χ4n) is 1.85. The van der Waals surface area contributed by atoms with E-state index in [0.29, 0.717) is 21.7 Å². The van der Waals surface area contributed by atoms with Crippen molar-refractivity contribution in [1.29, 1.82) is 0 Å². The van der Waals surface area contributed by atoms with Gasteiger partial charge in [0.2, 0.25) is 0 Å². The van der Waals surface area contributed by atoms with Gasteiger partial charge in [0.1, 0.15) is 0 Å². The predicted octanol–water partition coefficient (Wildman–Crippen LogP) is 2.71. The first kappa shape index (κ1) is 14.0. The van der Waals surface area contributed by atoms with Crippen molar-refractivity contribution in [3.63, 3.8) is 0 Å². The number of aromatic nitrogens is 1. The number of pyridine rings is 1. The molecule has 1 aromatic heterocycles. The summed E-state index contributed by atoms with van der Waals surface area (Å²) in [7, 11) is -3.39. The number of benzene rings is 1. The molecule has 0 atom stereocenters. The lowest BCUT2D eigenvalue weighted by molar-refractivity contribution is 0.594. The number of nitrogen functional groups attached to an aromatic ring is 1. The van der Waals surface area contributed by atoms with Gasteiger partial charge in [0.05, 0.1) is 10.6 Å². The smallest absolute Gasteiger partial charge is 0.182 e. The van der Waals surface area contributed by atoms with Gasteiger partial charge < -0.3 is 5.73 Å². The Morgan fingerprint density at radius 2 is 2.00 bits per heavy atom. The summed E-state index contributed by atoms with van der Waals surface area (Å²) in [6, 6.07) is 6.55. The molecule has 2 N–H and O–H groups in total. The molecular formula is C13H13BrN2O2S. The molecule has 0 radical (unpaired) electrons. The first-order chi connectivity index (χ1) is 8.88. The average Bonchev–Trinajstić information content (AvgIpc) is 2.27. The van der Waals surface area contributed by atoms with Gasteiger partial charge in [-0.3, -0.25) is 4.98 Å². The van der Waals surface area contributed by atoms with E-state index in [4.69, 9.17) is 5.73 Å². The predicted molar refractivity (Wildman–Crippen MR) is 78.4 cm³/mol. The first-order valence-electron chi connectivity index (χ1n) is 5.57. The average molecular weight is 341 g/mol. The van der Waals surface area contributed by atoms with Crippen LogP contribution >= 0.6 is 15.9 Å². The number of nitrogens with zero attached hydrogens (tertiary/aromatic N) is 1.